The molecular weight excluding hydrogens is 336 g/mol. The molecule has 1 saturated carbocycles. The van der Waals surface area contributed by atoms with Crippen LogP contribution in [-0.2, 0) is 19.6 Å². The van der Waals surface area contributed by atoms with Crippen LogP contribution in [0.3, 0.4) is 0 Å². The molecule has 1 aliphatic heterocycles. The van der Waals surface area contributed by atoms with E-state index in [1.165, 1.54) is 24.3 Å². The maximum Gasteiger partial charge on any atom is 0.331 e. The molecule has 9 heteroatoms. The van der Waals surface area contributed by atoms with Crippen molar-refractivity contribution in [2.45, 2.75) is 35.7 Å². The Morgan fingerprint density at radius 2 is 2.04 bits per heavy atom. The zero-order chi connectivity index (χ0) is 17.4. The molecule has 2 fully saturated rings. The van der Waals surface area contributed by atoms with Gasteiger partial charge < -0.3 is 15.2 Å². The standard InChI is InChI=1S/C15H18N2O6S/c18-13(16-15(14(19)20)6-7-23-9-15)10-2-1-3-12(8-10)24(21,22)17-11-4-5-11/h1-3,8,11,17H,4-7,9H2,(H,16,18)(H,19,20). The number of nitrogens with one attached hydrogen (secondary N) is 2. The summed E-state index contributed by atoms with van der Waals surface area (Å²) in [5, 5.41) is 11.8. The average molecular weight is 354 g/mol. The van der Waals surface area contributed by atoms with E-state index in [1.807, 2.05) is 0 Å². The van der Waals surface area contributed by atoms with E-state index in [-0.39, 0.29) is 36.1 Å². The number of carboxylic acid groups (broad SMARTS) is 1. The smallest absolute Gasteiger partial charge is 0.331 e. The number of hydrogen-bond acceptors (Lipinski definition) is 5. The Kier molecular flexibility index (Phi) is 4.33. The van der Waals surface area contributed by atoms with Gasteiger partial charge in [0.25, 0.3) is 5.91 Å². The summed E-state index contributed by atoms with van der Waals surface area (Å²) in [5.41, 5.74) is -1.39. The topological polar surface area (TPSA) is 122 Å². The molecule has 24 heavy (non-hydrogen) atoms. The predicted molar refractivity (Wildman–Crippen MR) is 83.1 cm³/mol. The lowest BCUT2D eigenvalue weighted by atomic mass is 9.98. The lowest BCUT2D eigenvalue weighted by Crippen LogP contribution is -2.55. The van der Waals surface area contributed by atoms with E-state index in [0.29, 0.717) is 0 Å². The molecule has 1 saturated heterocycles. The minimum absolute atomic E-state index is 0.0194. The molecule has 0 bridgehead atoms. The van der Waals surface area contributed by atoms with E-state index >= 15 is 0 Å². The van der Waals surface area contributed by atoms with Crippen LogP contribution in [0.4, 0.5) is 0 Å². The molecule has 0 spiro atoms. The SMILES string of the molecule is O=C(NC1(C(=O)O)CCOC1)c1cccc(S(=O)(=O)NC2CC2)c1. The molecule has 1 aliphatic carbocycles. The Balaban J connectivity index is 1.80. The van der Waals surface area contributed by atoms with Crippen molar-refractivity contribution in [3.8, 4) is 0 Å². The molecule has 0 radical (unpaired) electrons. The monoisotopic (exact) mass is 354 g/mol. The summed E-state index contributed by atoms with van der Waals surface area (Å²) in [7, 11) is -3.68. The first-order valence-corrected chi connectivity index (χ1v) is 9.07. The van der Waals surface area contributed by atoms with Crippen molar-refractivity contribution in [2.75, 3.05) is 13.2 Å². The molecule has 2 aliphatic rings. The molecule has 1 heterocycles. The van der Waals surface area contributed by atoms with Gasteiger partial charge in [0.05, 0.1) is 11.5 Å². The number of rotatable bonds is 6. The highest BCUT2D eigenvalue weighted by molar-refractivity contribution is 7.89. The third kappa shape index (κ3) is 3.42. The molecule has 1 atom stereocenters. The normalized spacial score (nSPS) is 23.8. The van der Waals surface area contributed by atoms with Crippen molar-refractivity contribution in [2.24, 2.45) is 0 Å². The van der Waals surface area contributed by atoms with Crippen LogP contribution in [0.25, 0.3) is 0 Å². The van der Waals surface area contributed by atoms with Crippen molar-refractivity contribution < 1.29 is 27.9 Å². The Morgan fingerprint density at radius 1 is 1.29 bits per heavy atom. The second-order valence-corrected chi connectivity index (χ2v) is 7.78. The molecule has 1 aromatic carbocycles. The number of carbonyl (C=O) groups excluding carboxylic acids is 1. The molecule has 130 valence electrons. The first-order valence-electron chi connectivity index (χ1n) is 7.58. The molecule has 3 N–H and O–H groups in total. The number of sulfonamides is 1. The highest BCUT2D eigenvalue weighted by Gasteiger charge is 2.44. The van der Waals surface area contributed by atoms with Crippen LogP contribution < -0.4 is 10.0 Å². The number of carbonyl (C=O) groups is 2. The van der Waals surface area contributed by atoms with E-state index < -0.39 is 27.4 Å². The van der Waals surface area contributed by atoms with Crippen molar-refractivity contribution in [1.29, 1.82) is 0 Å². The highest BCUT2D eigenvalue weighted by atomic mass is 32.2. The van der Waals surface area contributed by atoms with E-state index in [0.717, 1.165) is 12.8 Å². The Bertz CT molecular complexity index is 766. The van der Waals surface area contributed by atoms with Crippen molar-refractivity contribution in [3.05, 3.63) is 29.8 Å². The van der Waals surface area contributed by atoms with E-state index in [4.69, 9.17) is 4.74 Å². The highest BCUT2D eigenvalue weighted by Crippen LogP contribution is 2.23. The first-order chi connectivity index (χ1) is 11.3. The van der Waals surface area contributed by atoms with E-state index in [9.17, 15) is 23.1 Å². The van der Waals surface area contributed by atoms with Crippen molar-refractivity contribution >= 4 is 21.9 Å². The van der Waals surface area contributed by atoms with Crippen LogP contribution >= 0.6 is 0 Å². The summed E-state index contributed by atoms with van der Waals surface area (Å²) < 4.78 is 32.1. The van der Waals surface area contributed by atoms with Gasteiger partial charge in [0, 0.05) is 24.6 Å². The number of ether oxygens (including phenoxy) is 1. The second-order valence-electron chi connectivity index (χ2n) is 6.07. The van der Waals surface area contributed by atoms with Gasteiger partial charge in [-0.3, -0.25) is 4.79 Å². The maximum atomic E-state index is 12.4. The maximum absolute atomic E-state index is 12.4. The number of aliphatic carboxylic acids is 1. The minimum atomic E-state index is -3.68. The van der Waals surface area contributed by atoms with Crippen LogP contribution in [0.15, 0.2) is 29.2 Å². The fraction of sp³-hybridized carbons (Fsp3) is 0.467. The molecular formula is C15H18N2O6S. The lowest BCUT2D eigenvalue weighted by molar-refractivity contribution is -0.144. The predicted octanol–water partition coefficient (Wildman–Crippen LogP) is 0.101. The molecule has 1 amide bonds. The van der Waals surface area contributed by atoms with Gasteiger partial charge in [-0.1, -0.05) is 6.07 Å². The van der Waals surface area contributed by atoms with Gasteiger partial charge in [0.2, 0.25) is 10.0 Å². The van der Waals surface area contributed by atoms with E-state index in [2.05, 4.69) is 10.0 Å². The van der Waals surface area contributed by atoms with Crippen LogP contribution in [0.2, 0.25) is 0 Å². The summed E-state index contributed by atoms with van der Waals surface area (Å²) in [5.74, 6) is -1.82. The van der Waals surface area contributed by atoms with Crippen molar-refractivity contribution in [3.63, 3.8) is 0 Å². The Labute approximate surface area is 139 Å². The van der Waals surface area contributed by atoms with Gasteiger partial charge in [-0.2, -0.15) is 0 Å². The summed E-state index contributed by atoms with van der Waals surface area (Å²) in [6.07, 6.45) is 1.77. The van der Waals surface area contributed by atoms with Gasteiger partial charge in [-0.25, -0.2) is 17.9 Å². The molecule has 3 rings (SSSR count). The minimum Gasteiger partial charge on any atom is -0.479 e. The number of hydrogen-bond donors (Lipinski definition) is 3. The third-order valence-corrected chi connectivity index (χ3v) is 5.61. The third-order valence-electron chi connectivity index (χ3n) is 4.09. The summed E-state index contributed by atoms with van der Waals surface area (Å²) in [6, 6.07) is 5.49. The molecule has 0 aromatic heterocycles. The quantitative estimate of drug-likeness (QED) is 0.666. The fourth-order valence-electron chi connectivity index (χ4n) is 2.47. The van der Waals surface area contributed by atoms with Crippen LogP contribution in [0.5, 0.6) is 0 Å². The van der Waals surface area contributed by atoms with Crippen LogP contribution in [0.1, 0.15) is 29.6 Å². The zero-order valence-electron chi connectivity index (χ0n) is 12.8. The number of benzene rings is 1. The second kappa shape index (κ2) is 6.15. The first kappa shape index (κ1) is 16.9. The summed E-state index contributed by atoms with van der Waals surface area (Å²) >= 11 is 0. The van der Waals surface area contributed by atoms with Gasteiger partial charge in [0.1, 0.15) is 0 Å². The van der Waals surface area contributed by atoms with Gasteiger partial charge in [0.15, 0.2) is 5.54 Å². The molecule has 1 aromatic rings. The molecule has 1 unspecified atom stereocenters. The van der Waals surface area contributed by atoms with E-state index in [1.54, 1.807) is 0 Å². The largest absolute Gasteiger partial charge is 0.479 e. The lowest BCUT2D eigenvalue weighted by Gasteiger charge is -2.23. The Morgan fingerprint density at radius 3 is 2.62 bits per heavy atom. The number of carboxylic acids is 1. The summed E-state index contributed by atoms with van der Waals surface area (Å²) in [6.45, 7) is 0.127. The van der Waals surface area contributed by atoms with Gasteiger partial charge >= 0.3 is 5.97 Å². The molecule has 8 nitrogen and oxygen atoms in total. The summed E-state index contributed by atoms with van der Waals surface area (Å²) in [4.78, 5) is 23.8. The fourth-order valence-corrected chi connectivity index (χ4v) is 3.82. The van der Waals surface area contributed by atoms with Crippen molar-refractivity contribution in [1.82, 2.24) is 10.0 Å². The van der Waals surface area contributed by atoms with Gasteiger partial charge in [-0.05, 0) is 31.0 Å². The average Bonchev–Trinajstić information content (AvgIpc) is 3.21. The van der Waals surface area contributed by atoms with Gasteiger partial charge in [-0.15, -0.1) is 0 Å². The zero-order valence-corrected chi connectivity index (χ0v) is 13.6. The Hall–Kier alpha value is -1.97. The van der Waals surface area contributed by atoms with Crippen LogP contribution in [0, 0.1) is 0 Å². The number of amides is 1. The van der Waals surface area contributed by atoms with Crippen LogP contribution in [-0.4, -0.2) is 50.2 Å².